The van der Waals surface area contributed by atoms with Crippen molar-refractivity contribution in [1.82, 2.24) is 14.7 Å². The summed E-state index contributed by atoms with van der Waals surface area (Å²) < 4.78 is 1.82. The molecule has 120 valence electrons. The Morgan fingerprint density at radius 1 is 1.30 bits per heavy atom. The van der Waals surface area contributed by atoms with E-state index in [0.717, 1.165) is 5.56 Å². The van der Waals surface area contributed by atoms with Crippen LogP contribution < -0.4 is 0 Å². The molecule has 1 aliphatic rings. The predicted octanol–water partition coefficient (Wildman–Crippen LogP) is 1.87. The van der Waals surface area contributed by atoms with Crippen LogP contribution in [0.3, 0.4) is 0 Å². The van der Waals surface area contributed by atoms with E-state index in [9.17, 15) is 14.7 Å². The Balaban J connectivity index is 1.68. The van der Waals surface area contributed by atoms with Gasteiger partial charge in [-0.25, -0.2) is 0 Å². The van der Waals surface area contributed by atoms with Crippen molar-refractivity contribution in [1.29, 1.82) is 0 Å². The minimum absolute atomic E-state index is 0.111. The Hall–Kier alpha value is -2.63. The van der Waals surface area contributed by atoms with Crippen LogP contribution in [0, 0.1) is 5.41 Å². The number of rotatable bonds is 4. The fraction of sp³-hybridized carbons (Fsp3) is 0.353. The lowest BCUT2D eigenvalue weighted by molar-refractivity contribution is -0.147. The van der Waals surface area contributed by atoms with Gasteiger partial charge in [-0.15, -0.1) is 0 Å². The van der Waals surface area contributed by atoms with Gasteiger partial charge >= 0.3 is 5.97 Å². The van der Waals surface area contributed by atoms with E-state index in [4.69, 9.17) is 0 Å². The molecular formula is C17H19N3O3. The topological polar surface area (TPSA) is 75.4 Å². The van der Waals surface area contributed by atoms with Crippen molar-refractivity contribution < 1.29 is 14.7 Å². The number of nitrogens with zero attached hydrogens (tertiary/aromatic N) is 3. The molecule has 0 spiro atoms. The van der Waals surface area contributed by atoms with Gasteiger partial charge in [-0.05, 0) is 37.1 Å². The highest BCUT2D eigenvalue weighted by Crippen LogP contribution is 2.31. The van der Waals surface area contributed by atoms with Crippen molar-refractivity contribution in [3.63, 3.8) is 0 Å². The van der Waals surface area contributed by atoms with Gasteiger partial charge in [0.25, 0.3) is 5.91 Å². The maximum Gasteiger partial charge on any atom is 0.311 e. The summed E-state index contributed by atoms with van der Waals surface area (Å²) >= 11 is 0. The number of amides is 1. The minimum atomic E-state index is -0.845. The normalized spacial score (nSPS) is 20.7. The molecule has 1 aromatic carbocycles. The number of hydrogen-bond acceptors (Lipinski definition) is 3. The van der Waals surface area contributed by atoms with Gasteiger partial charge in [-0.3, -0.25) is 14.3 Å². The van der Waals surface area contributed by atoms with Gasteiger partial charge in [-0.2, -0.15) is 5.10 Å². The Morgan fingerprint density at radius 3 is 2.61 bits per heavy atom. The quantitative estimate of drug-likeness (QED) is 0.935. The van der Waals surface area contributed by atoms with E-state index in [1.54, 1.807) is 30.2 Å². The molecule has 2 aromatic rings. The Bertz CT molecular complexity index is 709. The number of aromatic nitrogens is 2. The molecule has 1 fully saturated rings. The molecule has 1 saturated heterocycles. The van der Waals surface area contributed by atoms with E-state index in [-0.39, 0.29) is 12.5 Å². The van der Waals surface area contributed by atoms with Crippen LogP contribution in [0.15, 0.2) is 42.7 Å². The second-order valence-electron chi connectivity index (χ2n) is 6.24. The summed E-state index contributed by atoms with van der Waals surface area (Å²) in [5, 5.41) is 13.4. The lowest BCUT2D eigenvalue weighted by Gasteiger charge is -2.20. The van der Waals surface area contributed by atoms with Crippen LogP contribution in [-0.4, -0.2) is 44.8 Å². The van der Waals surface area contributed by atoms with E-state index < -0.39 is 11.4 Å². The summed E-state index contributed by atoms with van der Waals surface area (Å²) in [5.41, 5.74) is 0.807. The van der Waals surface area contributed by atoms with Gasteiger partial charge < -0.3 is 10.0 Å². The van der Waals surface area contributed by atoms with E-state index in [1.807, 2.05) is 29.1 Å². The lowest BCUT2D eigenvalue weighted by atomic mass is 9.90. The molecule has 23 heavy (non-hydrogen) atoms. The van der Waals surface area contributed by atoms with Crippen molar-refractivity contribution in [2.75, 3.05) is 13.1 Å². The zero-order chi connectivity index (χ0) is 16.4. The third-order valence-electron chi connectivity index (χ3n) is 4.38. The average Bonchev–Trinajstić information content (AvgIpc) is 3.18. The van der Waals surface area contributed by atoms with Crippen molar-refractivity contribution in [2.45, 2.75) is 19.9 Å². The molecule has 3 rings (SSSR count). The summed E-state index contributed by atoms with van der Waals surface area (Å²) in [7, 11) is 0. The number of hydrogen-bond donors (Lipinski definition) is 1. The van der Waals surface area contributed by atoms with Crippen LogP contribution in [0.5, 0.6) is 0 Å². The second-order valence-corrected chi connectivity index (χ2v) is 6.24. The van der Waals surface area contributed by atoms with Crippen molar-refractivity contribution in [3.8, 4) is 0 Å². The molecule has 6 nitrogen and oxygen atoms in total. The molecule has 1 amide bonds. The SMILES string of the molecule is CC1(C(=O)O)CCN(C(=O)c2ccc(Cn3cccn3)cc2)C1. The highest BCUT2D eigenvalue weighted by molar-refractivity contribution is 5.95. The van der Waals surface area contributed by atoms with Crippen LogP contribution in [-0.2, 0) is 11.3 Å². The molecule has 0 aliphatic carbocycles. The Morgan fingerprint density at radius 2 is 2.04 bits per heavy atom. The highest BCUT2D eigenvalue weighted by atomic mass is 16.4. The number of carboxylic acid groups (broad SMARTS) is 1. The van der Waals surface area contributed by atoms with E-state index in [1.165, 1.54) is 0 Å². The standard InChI is InChI=1S/C17H19N3O3/c1-17(16(22)23)7-10-19(12-17)15(21)14-5-3-13(4-6-14)11-20-9-2-8-18-20/h2-6,8-9H,7,10-12H2,1H3,(H,22,23). The first kappa shape index (κ1) is 15.3. The summed E-state index contributed by atoms with van der Waals surface area (Å²) in [6.07, 6.45) is 4.10. The van der Waals surface area contributed by atoms with E-state index in [0.29, 0.717) is 25.1 Å². The van der Waals surface area contributed by atoms with Crippen LogP contribution in [0.1, 0.15) is 29.3 Å². The molecule has 0 saturated carbocycles. The number of benzene rings is 1. The summed E-state index contributed by atoms with van der Waals surface area (Å²) in [6.45, 7) is 3.09. The number of aliphatic carboxylic acids is 1. The first-order chi connectivity index (χ1) is 11.0. The van der Waals surface area contributed by atoms with Crippen molar-refractivity contribution in [3.05, 3.63) is 53.9 Å². The zero-order valence-electron chi connectivity index (χ0n) is 13.0. The van der Waals surface area contributed by atoms with Gasteiger partial charge in [0.1, 0.15) is 0 Å². The van der Waals surface area contributed by atoms with Crippen LogP contribution in [0.25, 0.3) is 0 Å². The van der Waals surface area contributed by atoms with Gasteiger partial charge in [0.15, 0.2) is 0 Å². The molecule has 2 heterocycles. The smallest absolute Gasteiger partial charge is 0.311 e. The zero-order valence-corrected chi connectivity index (χ0v) is 13.0. The lowest BCUT2D eigenvalue weighted by Crippen LogP contribution is -2.34. The van der Waals surface area contributed by atoms with Gasteiger partial charge in [0.05, 0.1) is 12.0 Å². The van der Waals surface area contributed by atoms with E-state index >= 15 is 0 Å². The first-order valence-corrected chi connectivity index (χ1v) is 7.57. The third-order valence-corrected chi connectivity index (χ3v) is 4.38. The average molecular weight is 313 g/mol. The van der Waals surface area contributed by atoms with E-state index in [2.05, 4.69) is 5.10 Å². The first-order valence-electron chi connectivity index (χ1n) is 7.57. The van der Waals surface area contributed by atoms with Gasteiger partial charge in [0, 0.05) is 31.0 Å². The van der Waals surface area contributed by atoms with Crippen molar-refractivity contribution >= 4 is 11.9 Å². The van der Waals surface area contributed by atoms with Crippen molar-refractivity contribution in [2.24, 2.45) is 5.41 Å². The summed E-state index contributed by atoms with van der Waals surface area (Å²) in [5.74, 6) is -0.956. The molecule has 1 aliphatic heterocycles. The molecule has 1 N–H and O–H groups in total. The molecule has 0 radical (unpaired) electrons. The molecular weight excluding hydrogens is 294 g/mol. The molecule has 1 atom stereocenters. The number of carboxylic acids is 1. The van der Waals surface area contributed by atoms with Crippen LogP contribution in [0.4, 0.5) is 0 Å². The largest absolute Gasteiger partial charge is 0.481 e. The molecule has 6 heteroatoms. The van der Waals surface area contributed by atoms with Gasteiger partial charge in [0.2, 0.25) is 0 Å². The van der Waals surface area contributed by atoms with Gasteiger partial charge in [-0.1, -0.05) is 12.1 Å². The third kappa shape index (κ3) is 3.11. The Kier molecular flexibility index (Phi) is 3.90. The highest BCUT2D eigenvalue weighted by Gasteiger charge is 2.42. The summed E-state index contributed by atoms with van der Waals surface area (Å²) in [6, 6.07) is 9.25. The van der Waals surface area contributed by atoms with Crippen LogP contribution in [0.2, 0.25) is 0 Å². The minimum Gasteiger partial charge on any atom is -0.481 e. The number of carbonyl (C=O) groups is 2. The fourth-order valence-corrected chi connectivity index (χ4v) is 2.83. The predicted molar refractivity (Wildman–Crippen MR) is 84.0 cm³/mol. The number of likely N-dealkylation sites (tertiary alicyclic amines) is 1. The molecule has 1 aromatic heterocycles. The monoisotopic (exact) mass is 313 g/mol. The summed E-state index contributed by atoms with van der Waals surface area (Å²) in [4.78, 5) is 25.4. The maximum atomic E-state index is 12.5. The second kappa shape index (κ2) is 5.87. The maximum absolute atomic E-state index is 12.5. The number of carbonyl (C=O) groups excluding carboxylic acids is 1. The molecule has 0 bridgehead atoms. The fourth-order valence-electron chi connectivity index (χ4n) is 2.83. The van der Waals surface area contributed by atoms with Crippen LogP contribution >= 0.6 is 0 Å². The molecule has 1 unspecified atom stereocenters. The Labute approximate surface area is 134 Å².